The van der Waals surface area contributed by atoms with Crippen molar-refractivity contribution >= 4 is 21.4 Å². The lowest BCUT2D eigenvalue weighted by atomic mass is 9.98. The molecule has 0 aliphatic heterocycles. The third-order valence-electron chi connectivity index (χ3n) is 2.92. The maximum absolute atomic E-state index is 2.36. The second kappa shape index (κ2) is 3.25. The number of hydrogen-bond acceptors (Lipinski definition) is 1. The number of fused-ring (bicyclic) bond motifs is 1. The molecule has 1 aliphatic carbocycles. The summed E-state index contributed by atoms with van der Waals surface area (Å²) in [5.41, 5.74) is 1.53. The Kier molecular flexibility index (Phi) is 1.91. The molecule has 14 heavy (non-hydrogen) atoms. The van der Waals surface area contributed by atoms with Crippen molar-refractivity contribution in [3.8, 4) is 0 Å². The summed E-state index contributed by atoms with van der Waals surface area (Å²) in [5.74, 6) is 0.672. The van der Waals surface area contributed by atoms with Crippen molar-refractivity contribution in [2.45, 2.75) is 18.8 Å². The van der Waals surface area contributed by atoms with Crippen LogP contribution in [-0.4, -0.2) is 0 Å². The van der Waals surface area contributed by atoms with Gasteiger partial charge in [-0.15, -0.1) is 11.3 Å². The molecule has 0 bridgehead atoms. The molecule has 0 saturated heterocycles. The number of allylic oxidation sites excluding steroid dienone is 2. The Bertz CT molecular complexity index is 479. The van der Waals surface area contributed by atoms with Crippen LogP contribution >= 0.6 is 11.3 Å². The van der Waals surface area contributed by atoms with Crippen molar-refractivity contribution in [1.29, 1.82) is 0 Å². The lowest BCUT2D eigenvalue weighted by Crippen LogP contribution is -1.87. The van der Waals surface area contributed by atoms with Crippen LogP contribution in [0, 0.1) is 0 Å². The van der Waals surface area contributed by atoms with E-state index in [1.165, 1.54) is 28.5 Å². The molecule has 0 radical (unpaired) electrons. The summed E-state index contributed by atoms with van der Waals surface area (Å²) in [7, 11) is 0. The zero-order valence-corrected chi connectivity index (χ0v) is 8.76. The van der Waals surface area contributed by atoms with E-state index in [-0.39, 0.29) is 0 Å². The minimum atomic E-state index is 0.672. The summed E-state index contributed by atoms with van der Waals surface area (Å²) in [4.78, 5) is 0. The average Bonchev–Trinajstić information content (AvgIpc) is 2.85. The van der Waals surface area contributed by atoms with Gasteiger partial charge in [-0.3, -0.25) is 0 Å². The first-order chi connectivity index (χ1) is 6.95. The number of benzene rings is 1. The minimum absolute atomic E-state index is 0.672. The van der Waals surface area contributed by atoms with Crippen molar-refractivity contribution in [2.24, 2.45) is 0 Å². The lowest BCUT2D eigenvalue weighted by Gasteiger charge is -2.05. The van der Waals surface area contributed by atoms with E-state index in [1.54, 1.807) is 0 Å². The largest absolute Gasteiger partial charge is 0.144 e. The highest BCUT2D eigenvalue weighted by atomic mass is 32.1. The van der Waals surface area contributed by atoms with Crippen LogP contribution in [0.4, 0.5) is 0 Å². The minimum Gasteiger partial charge on any atom is -0.144 e. The molecular weight excluding hydrogens is 188 g/mol. The Labute approximate surface area is 87.9 Å². The van der Waals surface area contributed by atoms with Gasteiger partial charge >= 0.3 is 0 Å². The number of thiophene rings is 1. The SMILES string of the molecule is C1=C[C@@H](c2csc3ccccc23)CC1. The molecule has 1 aromatic carbocycles. The molecule has 0 fully saturated rings. The molecule has 1 aromatic heterocycles. The van der Waals surface area contributed by atoms with E-state index in [4.69, 9.17) is 0 Å². The van der Waals surface area contributed by atoms with Crippen molar-refractivity contribution in [3.63, 3.8) is 0 Å². The third kappa shape index (κ3) is 1.20. The molecule has 0 amide bonds. The van der Waals surface area contributed by atoms with E-state index in [0.29, 0.717) is 5.92 Å². The molecule has 1 atom stereocenters. The zero-order valence-electron chi connectivity index (χ0n) is 7.94. The Morgan fingerprint density at radius 1 is 1.21 bits per heavy atom. The summed E-state index contributed by atoms with van der Waals surface area (Å²) in [6.07, 6.45) is 7.20. The van der Waals surface area contributed by atoms with Crippen LogP contribution in [0.2, 0.25) is 0 Å². The predicted molar refractivity (Wildman–Crippen MR) is 62.9 cm³/mol. The third-order valence-corrected chi connectivity index (χ3v) is 3.90. The quantitative estimate of drug-likeness (QED) is 0.601. The number of rotatable bonds is 1. The van der Waals surface area contributed by atoms with Gasteiger partial charge in [0.15, 0.2) is 0 Å². The van der Waals surface area contributed by atoms with E-state index in [2.05, 4.69) is 41.8 Å². The van der Waals surface area contributed by atoms with Crippen molar-refractivity contribution in [2.75, 3.05) is 0 Å². The van der Waals surface area contributed by atoms with Crippen LogP contribution < -0.4 is 0 Å². The molecule has 0 nitrogen and oxygen atoms in total. The molecule has 1 heterocycles. The van der Waals surface area contributed by atoms with Gasteiger partial charge in [-0.25, -0.2) is 0 Å². The van der Waals surface area contributed by atoms with Gasteiger partial charge in [0.25, 0.3) is 0 Å². The molecule has 0 saturated carbocycles. The highest BCUT2D eigenvalue weighted by Gasteiger charge is 2.15. The molecular formula is C13H12S. The van der Waals surface area contributed by atoms with Gasteiger partial charge in [0.05, 0.1) is 0 Å². The highest BCUT2D eigenvalue weighted by Crippen LogP contribution is 2.36. The topological polar surface area (TPSA) is 0 Å². The van der Waals surface area contributed by atoms with Crippen LogP contribution in [0.15, 0.2) is 41.8 Å². The molecule has 3 rings (SSSR count). The Morgan fingerprint density at radius 2 is 2.14 bits per heavy atom. The number of hydrogen-bond donors (Lipinski definition) is 0. The maximum atomic E-state index is 2.36. The van der Waals surface area contributed by atoms with Crippen molar-refractivity contribution < 1.29 is 0 Å². The Balaban J connectivity index is 2.16. The van der Waals surface area contributed by atoms with Gasteiger partial charge in [-0.05, 0) is 35.2 Å². The molecule has 1 heteroatoms. The average molecular weight is 200 g/mol. The summed E-state index contributed by atoms with van der Waals surface area (Å²) in [6.45, 7) is 0. The monoisotopic (exact) mass is 200 g/mol. The highest BCUT2D eigenvalue weighted by molar-refractivity contribution is 7.17. The second-order valence-electron chi connectivity index (χ2n) is 3.80. The fourth-order valence-electron chi connectivity index (χ4n) is 2.18. The zero-order chi connectivity index (χ0) is 9.38. The smallest absolute Gasteiger partial charge is 0.0345 e. The van der Waals surface area contributed by atoms with Crippen molar-refractivity contribution in [1.82, 2.24) is 0 Å². The van der Waals surface area contributed by atoms with Crippen LogP contribution in [-0.2, 0) is 0 Å². The molecule has 0 unspecified atom stereocenters. The van der Waals surface area contributed by atoms with E-state index in [0.717, 1.165) is 0 Å². The van der Waals surface area contributed by atoms with Crippen LogP contribution in [0.1, 0.15) is 24.3 Å². The van der Waals surface area contributed by atoms with E-state index in [9.17, 15) is 0 Å². The predicted octanol–water partition coefficient (Wildman–Crippen LogP) is 4.33. The first-order valence-electron chi connectivity index (χ1n) is 5.08. The molecule has 0 N–H and O–H groups in total. The van der Waals surface area contributed by atoms with Gasteiger partial charge in [0.2, 0.25) is 0 Å². The fraction of sp³-hybridized carbons (Fsp3) is 0.231. The maximum Gasteiger partial charge on any atom is 0.0345 e. The van der Waals surface area contributed by atoms with Gasteiger partial charge in [-0.1, -0.05) is 30.4 Å². The summed E-state index contributed by atoms with van der Waals surface area (Å²) >= 11 is 1.87. The second-order valence-corrected chi connectivity index (χ2v) is 4.71. The molecule has 1 aliphatic rings. The van der Waals surface area contributed by atoms with E-state index in [1.807, 2.05) is 11.3 Å². The Morgan fingerprint density at radius 3 is 3.00 bits per heavy atom. The van der Waals surface area contributed by atoms with Crippen LogP contribution in [0.5, 0.6) is 0 Å². The van der Waals surface area contributed by atoms with Crippen LogP contribution in [0.3, 0.4) is 0 Å². The summed E-state index contributed by atoms with van der Waals surface area (Å²) < 4.78 is 1.42. The first kappa shape index (κ1) is 8.25. The van der Waals surface area contributed by atoms with E-state index >= 15 is 0 Å². The summed E-state index contributed by atoms with van der Waals surface area (Å²) in [5, 5.41) is 3.78. The lowest BCUT2D eigenvalue weighted by molar-refractivity contribution is 0.809. The van der Waals surface area contributed by atoms with E-state index < -0.39 is 0 Å². The molecule has 2 aromatic rings. The van der Waals surface area contributed by atoms with Crippen LogP contribution in [0.25, 0.3) is 10.1 Å². The van der Waals surface area contributed by atoms with Gasteiger partial charge in [-0.2, -0.15) is 0 Å². The Hall–Kier alpha value is -1.08. The normalized spacial score (nSPS) is 20.7. The fourth-order valence-corrected chi connectivity index (χ4v) is 3.20. The van der Waals surface area contributed by atoms with Gasteiger partial charge < -0.3 is 0 Å². The van der Waals surface area contributed by atoms with Crippen molar-refractivity contribution in [3.05, 3.63) is 47.4 Å². The van der Waals surface area contributed by atoms with Gasteiger partial charge in [0.1, 0.15) is 0 Å². The standard InChI is InChI=1S/C13H12S/c1-2-6-10(5-1)12-9-14-13-8-4-3-7-11(12)13/h1,3-5,7-10H,2,6H2/t10-/m1/s1. The molecule has 0 spiro atoms. The summed E-state index contributed by atoms with van der Waals surface area (Å²) in [6, 6.07) is 8.71. The van der Waals surface area contributed by atoms with Gasteiger partial charge in [0, 0.05) is 10.6 Å². The molecule has 70 valence electrons. The first-order valence-corrected chi connectivity index (χ1v) is 5.96.